The number of anilines is 1. The molecule has 0 aliphatic rings. The first-order valence-electron chi connectivity index (χ1n) is 5.37. The molecule has 6 heteroatoms. The summed E-state index contributed by atoms with van der Waals surface area (Å²) >= 11 is 0. The van der Waals surface area contributed by atoms with Gasteiger partial charge in [0, 0.05) is 35.0 Å². The van der Waals surface area contributed by atoms with E-state index in [0.29, 0.717) is 18.8 Å². The molecule has 0 fully saturated rings. The van der Waals surface area contributed by atoms with Crippen LogP contribution in [0.1, 0.15) is 13.3 Å². The van der Waals surface area contributed by atoms with Crippen LogP contribution >= 0.6 is 0 Å². The summed E-state index contributed by atoms with van der Waals surface area (Å²) in [4.78, 5) is 15.4. The lowest BCUT2D eigenvalue weighted by atomic mass is 10.3. The van der Waals surface area contributed by atoms with Gasteiger partial charge in [-0.05, 0) is 18.6 Å². The topological polar surface area (TPSA) is 71.1 Å². The van der Waals surface area contributed by atoms with Crippen molar-refractivity contribution in [2.75, 3.05) is 18.1 Å². The summed E-state index contributed by atoms with van der Waals surface area (Å²) in [6.07, 6.45) is 3.97. The van der Waals surface area contributed by atoms with Crippen LogP contribution in [-0.2, 0) is 10.8 Å². The Morgan fingerprint density at radius 1 is 1.53 bits per heavy atom. The fraction of sp³-hybridized carbons (Fsp3) is 0.455. The Hall–Kier alpha value is -1.43. The number of carbonyl (C=O) groups excluding carboxylic acids is 1. The first kappa shape index (κ1) is 13.6. The zero-order valence-electron chi connectivity index (χ0n) is 9.97. The normalized spacial score (nSPS) is 13.8. The maximum atomic E-state index is 11.4. The molecule has 5 nitrogen and oxygen atoms in total. The molecule has 0 aliphatic carbocycles. The molecule has 0 unspecified atom stereocenters. The van der Waals surface area contributed by atoms with Crippen LogP contribution in [0, 0.1) is 0 Å². The van der Waals surface area contributed by atoms with Crippen molar-refractivity contribution in [2.24, 2.45) is 0 Å². The minimum absolute atomic E-state index is 0.0881. The first-order valence-corrected chi connectivity index (χ1v) is 7.00. The third-order valence-electron chi connectivity index (χ3n) is 2.31. The van der Waals surface area contributed by atoms with Crippen molar-refractivity contribution in [3.05, 3.63) is 24.4 Å². The highest BCUT2D eigenvalue weighted by atomic mass is 32.2. The summed E-state index contributed by atoms with van der Waals surface area (Å²) in [7, 11) is -0.847. The number of rotatable bonds is 5. The molecule has 1 rings (SSSR count). The lowest BCUT2D eigenvalue weighted by Gasteiger charge is -2.09. The molecule has 0 aromatic carbocycles. The van der Waals surface area contributed by atoms with Gasteiger partial charge in [-0.25, -0.2) is 9.78 Å². The van der Waals surface area contributed by atoms with E-state index >= 15 is 0 Å². The van der Waals surface area contributed by atoms with E-state index < -0.39 is 10.8 Å². The molecule has 0 spiro atoms. The summed E-state index contributed by atoms with van der Waals surface area (Å²) in [6.45, 7) is 2.40. The number of nitrogens with one attached hydrogen (secondary N) is 2. The first-order chi connectivity index (χ1) is 8.09. The third-order valence-corrected chi connectivity index (χ3v) is 3.68. The summed E-state index contributed by atoms with van der Waals surface area (Å²) in [5, 5.41) is 5.39. The summed E-state index contributed by atoms with van der Waals surface area (Å²) in [5.74, 6) is 0.511. The second-order valence-corrected chi connectivity index (χ2v) is 5.50. The lowest BCUT2D eigenvalue weighted by Crippen LogP contribution is -2.31. The summed E-state index contributed by atoms with van der Waals surface area (Å²) < 4.78 is 11.1. The molecule has 2 N–H and O–H groups in total. The maximum absolute atomic E-state index is 11.4. The van der Waals surface area contributed by atoms with Gasteiger partial charge in [-0.2, -0.15) is 0 Å². The molecule has 1 heterocycles. The number of carbonyl (C=O) groups is 1. The second kappa shape index (κ2) is 7.01. The van der Waals surface area contributed by atoms with E-state index in [9.17, 15) is 9.00 Å². The van der Waals surface area contributed by atoms with Gasteiger partial charge in [0.1, 0.15) is 5.82 Å². The predicted octanol–water partition coefficient (Wildman–Crippen LogP) is 1.36. The monoisotopic (exact) mass is 255 g/mol. The molecule has 17 heavy (non-hydrogen) atoms. The molecule has 94 valence electrons. The van der Waals surface area contributed by atoms with Gasteiger partial charge >= 0.3 is 6.03 Å². The third kappa shape index (κ3) is 5.44. The molecule has 0 saturated carbocycles. The Morgan fingerprint density at radius 2 is 2.29 bits per heavy atom. The van der Waals surface area contributed by atoms with E-state index in [4.69, 9.17) is 0 Å². The highest BCUT2D eigenvalue weighted by Crippen LogP contribution is 2.00. The molecular formula is C11H17N3O2S. The molecule has 0 radical (unpaired) electrons. The highest BCUT2D eigenvalue weighted by Gasteiger charge is 2.07. The fourth-order valence-electron chi connectivity index (χ4n) is 1.15. The minimum Gasteiger partial charge on any atom is -0.338 e. The van der Waals surface area contributed by atoms with E-state index in [2.05, 4.69) is 15.6 Å². The van der Waals surface area contributed by atoms with E-state index in [1.54, 1.807) is 30.7 Å². The van der Waals surface area contributed by atoms with Crippen LogP contribution in [0.5, 0.6) is 0 Å². The van der Waals surface area contributed by atoms with Crippen LogP contribution in [-0.4, -0.2) is 33.3 Å². The van der Waals surface area contributed by atoms with Crippen LogP contribution in [0.15, 0.2) is 24.4 Å². The van der Waals surface area contributed by atoms with E-state index in [1.165, 1.54) is 0 Å². The lowest BCUT2D eigenvalue weighted by molar-refractivity contribution is 0.252. The highest BCUT2D eigenvalue weighted by molar-refractivity contribution is 7.84. The number of nitrogens with zero attached hydrogens (tertiary/aromatic N) is 1. The fourth-order valence-corrected chi connectivity index (χ4v) is 1.60. The van der Waals surface area contributed by atoms with E-state index in [0.717, 1.165) is 0 Å². The van der Waals surface area contributed by atoms with Gasteiger partial charge in [0.05, 0.1) is 0 Å². The number of urea groups is 1. The molecule has 0 saturated heterocycles. The van der Waals surface area contributed by atoms with E-state index in [-0.39, 0.29) is 11.3 Å². The van der Waals surface area contributed by atoms with Gasteiger partial charge in [0.25, 0.3) is 0 Å². The van der Waals surface area contributed by atoms with Crippen molar-refractivity contribution in [3.8, 4) is 0 Å². The molecule has 1 aromatic heterocycles. The second-order valence-electron chi connectivity index (χ2n) is 3.69. The van der Waals surface area contributed by atoms with Crippen molar-refractivity contribution >= 4 is 22.6 Å². The molecular weight excluding hydrogens is 238 g/mol. The van der Waals surface area contributed by atoms with Crippen LogP contribution in [0.3, 0.4) is 0 Å². The summed E-state index contributed by atoms with van der Waals surface area (Å²) in [6, 6.07) is 4.99. The maximum Gasteiger partial charge on any atom is 0.320 e. The van der Waals surface area contributed by atoms with Crippen LogP contribution in [0.25, 0.3) is 0 Å². The number of amides is 2. The van der Waals surface area contributed by atoms with Gasteiger partial charge in [-0.1, -0.05) is 13.0 Å². The molecule has 2 amide bonds. The van der Waals surface area contributed by atoms with Gasteiger partial charge in [0.15, 0.2) is 0 Å². The Bertz CT molecular complexity index is 384. The average Bonchev–Trinajstić information content (AvgIpc) is 2.30. The molecule has 1 aromatic rings. The minimum atomic E-state index is -0.847. The smallest absolute Gasteiger partial charge is 0.320 e. The molecule has 0 bridgehead atoms. The Kier molecular flexibility index (Phi) is 5.62. The van der Waals surface area contributed by atoms with Crippen LogP contribution < -0.4 is 10.6 Å². The Balaban J connectivity index is 2.25. The van der Waals surface area contributed by atoms with Crippen molar-refractivity contribution in [1.29, 1.82) is 0 Å². The molecule has 0 aliphatic heterocycles. The van der Waals surface area contributed by atoms with E-state index in [1.807, 2.05) is 6.92 Å². The zero-order chi connectivity index (χ0) is 12.7. The van der Waals surface area contributed by atoms with Crippen molar-refractivity contribution in [3.63, 3.8) is 0 Å². The Morgan fingerprint density at radius 3 is 2.88 bits per heavy atom. The zero-order valence-corrected chi connectivity index (χ0v) is 10.8. The van der Waals surface area contributed by atoms with Gasteiger partial charge in [0.2, 0.25) is 0 Å². The Labute approximate surface area is 103 Å². The number of aromatic nitrogens is 1. The predicted molar refractivity (Wildman–Crippen MR) is 69.4 cm³/mol. The van der Waals surface area contributed by atoms with Crippen LogP contribution in [0.2, 0.25) is 0 Å². The van der Waals surface area contributed by atoms with Gasteiger partial charge < -0.3 is 5.32 Å². The summed E-state index contributed by atoms with van der Waals surface area (Å²) in [5.41, 5.74) is 0. The largest absolute Gasteiger partial charge is 0.338 e. The SMILES string of the molecule is C[C@H](CCNC(=O)Nc1ccccn1)[S@](C)=O. The van der Waals surface area contributed by atoms with Gasteiger partial charge in [-0.3, -0.25) is 9.53 Å². The average molecular weight is 255 g/mol. The van der Waals surface area contributed by atoms with Crippen molar-refractivity contribution in [2.45, 2.75) is 18.6 Å². The standard InChI is InChI=1S/C11H17N3O2S/c1-9(17(2)16)6-8-13-11(15)14-10-5-3-4-7-12-10/h3-5,7,9H,6,8H2,1-2H3,(H2,12,13,14,15)/t9-,17+/m1/s1. The quantitative estimate of drug-likeness (QED) is 0.834. The van der Waals surface area contributed by atoms with Crippen molar-refractivity contribution in [1.82, 2.24) is 10.3 Å². The van der Waals surface area contributed by atoms with Gasteiger partial charge in [-0.15, -0.1) is 0 Å². The van der Waals surface area contributed by atoms with Crippen molar-refractivity contribution < 1.29 is 9.00 Å². The number of hydrogen-bond donors (Lipinski definition) is 2. The molecule has 2 atom stereocenters. The number of hydrogen-bond acceptors (Lipinski definition) is 3. The van der Waals surface area contributed by atoms with Crippen LogP contribution in [0.4, 0.5) is 10.6 Å². The number of pyridine rings is 1.